The Morgan fingerprint density at radius 2 is 1.94 bits per heavy atom. The van der Waals surface area contributed by atoms with Gasteiger partial charge in [-0.3, -0.25) is 9.69 Å². The van der Waals surface area contributed by atoms with Gasteiger partial charge >= 0.3 is 5.91 Å². The van der Waals surface area contributed by atoms with Crippen molar-refractivity contribution in [2.24, 2.45) is 0 Å². The average molecular weight is 425 g/mol. The lowest BCUT2D eigenvalue weighted by Crippen LogP contribution is -2.35. The van der Waals surface area contributed by atoms with Crippen molar-refractivity contribution in [3.05, 3.63) is 34.6 Å². The fraction of sp³-hybridized carbons (Fsp3) is 0.545. The van der Waals surface area contributed by atoms with Crippen molar-refractivity contribution in [1.82, 2.24) is 24.6 Å². The molecule has 1 N–H and O–H groups in total. The van der Waals surface area contributed by atoms with E-state index in [1.54, 1.807) is 0 Å². The molecule has 5 rings (SSSR count). The smallest absolute Gasteiger partial charge is 0.316 e. The molecule has 31 heavy (non-hydrogen) atoms. The fourth-order valence-electron chi connectivity index (χ4n) is 4.01. The standard InChI is InChI=1S/C22H28N6O3/c1-13-11-16-18(25-22(4)5-6-22)23-19(24-20(16)31-13)21(29)28-15(3)17(14(2)26-28)12-27-7-9-30-10-8-27/h11H,5-10,12H2,1-4H3,(H,23,24,25). The number of nitrogens with zero attached hydrogens (tertiary/aromatic N) is 5. The van der Waals surface area contributed by atoms with Crippen LogP contribution in [0.15, 0.2) is 10.5 Å². The van der Waals surface area contributed by atoms with Crippen LogP contribution in [0, 0.1) is 20.8 Å². The molecule has 2 fully saturated rings. The van der Waals surface area contributed by atoms with Crippen LogP contribution in [-0.4, -0.2) is 62.4 Å². The highest BCUT2D eigenvalue weighted by molar-refractivity contribution is 5.96. The summed E-state index contributed by atoms with van der Waals surface area (Å²) in [5.41, 5.74) is 3.15. The summed E-state index contributed by atoms with van der Waals surface area (Å²) in [6.45, 7) is 11.8. The molecule has 0 atom stereocenters. The van der Waals surface area contributed by atoms with Crippen molar-refractivity contribution in [3.8, 4) is 0 Å². The van der Waals surface area contributed by atoms with Crippen molar-refractivity contribution >= 4 is 22.8 Å². The van der Waals surface area contributed by atoms with Crippen molar-refractivity contribution in [3.63, 3.8) is 0 Å². The van der Waals surface area contributed by atoms with E-state index in [1.807, 2.05) is 26.8 Å². The van der Waals surface area contributed by atoms with Crippen LogP contribution in [0.4, 0.5) is 5.82 Å². The second kappa shape index (κ2) is 7.42. The van der Waals surface area contributed by atoms with Crippen LogP contribution in [0.1, 0.15) is 53.1 Å². The van der Waals surface area contributed by atoms with Gasteiger partial charge in [0.25, 0.3) is 0 Å². The number of fused-ring (bicyclic) bond motifs is 1. The Bertz CT molecular complexity index is 1150. The number of hydrogen-bond acceptors (Lipinski definition) is 8. The molecule has 0 unspecified atom stereocenters. The van der Waals surface area contributed by atoms with Crippen LogP contribution in [0.3, 0.4) is 0 Å². The molecule has 9 nitrogen and oxygen atoms in total. The van der Waals surface area contributed by atoms with E-state index < -0.39 is 0 Å². The maximum absolute atomic E-state index is 13.4. The van der Waals surface area contributed by atoms with Crippen molar-refractivity contribution < 1.29 is 13.9 Å². The third kappa shape index (κ3) is 3.83. The lowest BCUT2D eigenvalue weighted by Gasteiger charge is -2.26. The number of rotatable bonds is 5. The number of anilines is 1. The summed E-state index contributed by atoms with van der Waals surface area (Å²) in [7, 11) is 0. The van der Waals surface area contributed by atoms with Gasteiger partial charge in [0, 0.05) is 36.4 Å². The predicted molar refractivity (Wildman–Crippen MR) is 115 cm³/mol. The minimum atomic E-state index is -0.353. The number of carbonyl (C=O) groups excluding carboxylic acids is 1. The highest BCUT2D eigenvalue weighted by Gasteiger charge is 2.38. The Kier molecular flexibility index (Phi) is 4.82. The molecular weight excluding hydrogens is 396 g/mol. The molecule has 3 aromatic rings. The topological polar surface area (TPSA) is 98.3 Å². The third-order valence-corrected chi connectivity index (χ3v) is 6.25. The molecule has 0 amide bonds. The van der Waals surface area contributed by atoms with Crippen molar-refractivity contribution in [2.75, 3.05) is 31.6 Å². The number of nitrogens with one attached hydrogen (secondary N) is 1. The number of aromatic nitrogens is 4. The Balaban J connectivity index is 1.49. The summed E-state index contributed by atoms with van der Waals surface area (Å²) < 4.78 is 12.6. The zero-order valence-corrected chi connectivity index (χ0v) is 18.5. The molecule has 1 aliphatic carbocycles. The Morgan fingerprint density at radius 3 is 2.65 bits per heavy atom. The Morgan fingerprint density at radius 1 is 1.19 bits per heavy atom. The van der Waals surface area contributed by atoms with Gasteiger partial charge in [0.1, 0.15) is 11.6 Å². The van der Waals surface area contributed by atoms with E-state index >= 15 is 0 Å². The summed E-state index contributed by atoms with van der Waals surface area (Å²) in [6, 6.07) is 1.90. The minimum Gasteiger partial charge on any atom is -0.443 e. The molecule has 1 aliphatic heterocycles. The summed E-state index contributed by atoms with van der Waals surface area (Å²) in [4.78, 5) is 24.7. The van der Waals surface area contributed by atoms with Crippen LogP contribution in [0.2, 0.25) is 0 Å². The number of hydrogen-bond donors (Lipinski definition) is 1. The van der Waals surface area contributed by atoms with E-state index in [1.165, 1.54) is 4.68 Å². The highest BCUT2D eigenvalue weighted by atomic mass is 16.5. The molecule has 0 spiro atoms. The summed E-state index contributed by atoms with van der Waals surface area (Å²) in [5.74, 6) is 1.10. The molecule has 164 valence electrons. The quantitative estimate of drug-likeness (QED) is 0.668. The second-order valence-electron chi connectivity index (χ2n) is 8.91. The maximum Gasteiger partial charge on any atom is 0.316 e. The molecule has 0 radical (unpaired) electrons. The SMILES string of the molecule is Cc1cc2c(NC3(C)CC3)nc(C(=O)n3nc(C)c(CN4CCOCC4)c3C)nc2o1. The average Bonchev–Trinajstić information content (AvgIpc) is 3.24. The van der Waals surface area contributed by atoms with Crippen molar-refractivity contribution in [1.29, 1.82) is 0 Å². The van der Waals surface area contributed by atoms with Gasteiger partial charge in [-0.15, -0.1) is 0 Å². The van der Waals surface area contributed by atoms with E-state index in [4.69, 9.17) is 9.15 Å². The molecule has 2 aliphatic rings. The minimum absolute atomic E-state index is 0.0102. The highest BCUT2D eigenvalue weighted by Crippen LogP contribution is 2.39. The number of furan rings is 1. The van der Waals surface area contributed by atoms with Gasteiger partial charge in [-0.1, -0.05) is 0 Å². The summed E-state index contributed by atoms with van der Waals surface area (Å²) >= 11 is 0. The molecule has 0 bridgehead atoms. The number of ether oxygens (including phenoxy) is 1. The fourth-order valence-corrected chi connectivity index (χ4v) is 4.01. The summed E-state index contributed by atoms with van der Waals surface area (Å²) in [6.07, 6.45) is 2.14. The molecule has 0 aromatic carbocycles. The lowest BCUT2D eigenvalue weighted by atomic mass is 10.2. The van der Waals surface area contributed by atoms with E-state index in [0.717, 1.165) is 73.8 Å². The second-order valence-corrected chi connectivity index (χ2v) is 8.91. The monoisotopic (exact) mass is 424 g/mol. The first-order chi connectivity index (χ1) is 14.8. The van der Waals surface area contributed by atoms with E-state index in [-0.39, 0.29) is 17.3 Å². The third-order valence-electron chi connectivity index (χ3n) is 6.25. The lowest BCUT2D eigenvalue weighted by molar-refractivity contribution is 0.0340. The van der Waals surface area contributed by atoms with Gasteiger partial charge in [-0.2, -0.15) is 14.8 Å². The van der Waals surface area contributed by atoms with Gasteiger partial charge < -0.3 is 14.5 Å². The molecule has 4 heterocycles. The number of morpholine rings is 1. The van der Waals surface area contributed by atoms with E-state index in [9.17, 15) is 4.79 Å². The Labute approximate surface area is 180 Å². The normalized spacial score (nSPS) is 18.5. The van der Waals surface area contributed by atoms with Gasteiger partial charge in [0.05, 0.1) is 24.3 Å². The molecule has 3 aromatic heterocycles. The summed E-state index contributed by atoms with van der Waals surface area (Å²) in [5, 5.41) is 8.80. The molecule has 1 saturated heterocycles. The van der Waals surface area contributed by atoms with Gasteiger partial charge in [0.2, 0.25) is 11.5 Å². The van der Waals surface area contributed by atoms with Crippen LogP contribution in [0.5, 0.6) is 0 Å². The first-order valence-corrected chi connectivity index (χ1v) is 10.8. The van der Waals surface area contributed by atoms with E-state index in [0.29, 0.717) is 11.5 Å². The first kappa shape index (κ1) is 20.1. The molecular formula is C22H28N6O3. The van der Waals surface area contributed by atoms with Crippen molar-refractivity contribution in [2.45, 2.75) is 52.6 Å². The number of carbonyl (C=O) groups is 1. The first-order valence-electron chi connectivity index (χ1n) is 10.8. The number of aryl methyl sites for hydroxylation is 2. The zero-order chi connectivity index (χ0) is 21.8. The zero-order valence-electron chi connectivity index (χ0n) is 18.5. The Hall–Kier alpha value is -2.78. The van der Waals surface area contributed by atoms with Crippen LogP contribution in [0.25, 0.3) is 11.1 Å². The maximum atomic E-state index is 13.4. The molecule has 1 saturated carbocycles. The van der Waals surface area contributed by atoms with E-state index in [2.05, 4.69) is 32.2 Å². The van der Waals surface area contributed by atoms with Crippen LogP contribution < -0.4 is 5.32 Å². The largest absolute Gasteiger partial charge is 0.443 e. The van der Waals surface area contributed by atoms with Crippen LogP contribution in [-0.2, 0) is 11.3 Å². The van der Waals surface area contributed by atoms with Gasteiger partial charge in [0.15, 0.2) is 0 Å². The molecule has 9 heteroatoms. The van der Waals surface area contributed by atoms with Crippen LogP contribution >= 0.6 is 0 Å². The van der Waals surface area contributed by atoms with Gasteiger partial charge in [-0.05, 0) is 46.6 Å². The van der Waals surface area contributed by atoms with Gasteiger partial charge in [-0.25, -0.2) is 4.98 Å². The predicted octanol–water partition coefficient (Wildman–Crippen LogP) is 2.83.